The Bertz CT molecular complexity index is 1160. The number of amides is 1. The van der Waals surface area contributed by atoms with Gasteiger partial charge < -0.3 is 24.8 Å². The number of nitrogens with zero attached hydrogens (tertiary/aromatic N) is 4. The van der Waals surface area contributed by atoms with Crippen LogP contribution in [0, 0.1) is 0 Å². The van der Waals surface area contributed by atoms with Gasteiger partial charge in [-0.05, 0) is 35.5 Å². The van der Waals surface area contributed by atoms with Gasteiger partial charge in [-0.2, -0.15) is 4.68 Å². The van der Waals surface area contributed by atoms with Crippen LogP contribution in [0.4, 0.5) is 11.6 Å². The summed E-state index contributed by atoms with van der Waals surface area (Å²) < 4.78 is 18.0. The minimum atomic E-state index is -0.647. The van der Waals surface area contributed by atoms with Crippen LogP contribution in [0.15, 0.2) is 53.7 Å². The molecular weight excluding hydrogens is 400 g/mol. The third-order valence-electron chi connectivity index (χ3n) is 5.04. The number of carbonyl (C=O) groups excluding carboxylic acids is 1. The van der Waals surface area contributed by atoms with E-state index in [9.17, 15) is 4.79 Å². The molecule has 0 saturated carbocycles. The second-order valence-electron chi connectivity index (χ2n) is 6.75. The third kappa shape index (κ3) is 3.52. The lowest BCUT2D eigenvalue weighted by molar-refractivity contribution is -0.113. The number of rotatable bonds is 6. The van der Waals surface area contributed by atoms with Crippen molar-refractivity contribution < 1.29 is 19.0 Å². The van der Waals surface area contributed by atoms with Gasteiger partial charge in [0, 0.05) is 11.3 Å². The molecular formula is C21H22N6O4. The van der Waals surface area contributed by atoms with Gasteiger partial charge in [0.25, 0.3) is 5.91 Å². The number of tetrazole rings is 1. The van der Waals surface area contributed by atoms with Gasteiger partial charge >= 0.3 is 0 Å². The second kappa shape index (κ2) is 8.34. The molecule has 10 heteroatoms. The molecule has 31 heavy (non-hydrogen) atoms. The molecule has 4 rings (SSSR count). The van der Waals surface area contributed by atoms with Crippen molar-refractivity contribution in [2.45, 2.75) is 13.0 Å². The average Bonchev–Trinajstić information content (AvgIpc) is 3.25. The van der Waals surface area contributed by atoms with Gasteiger partial charge in [-0.15, -0.1) is 0 Å². The lowest BCUT2D eigenvalue weighted by Gasteiger charge is -2.29. The monoisotopic (exact) mass is 422 g/mol. The molecule has 0 unspecified atom stereocenters. The number of hydrogen-bond donors (Lipinski definition) is 2. The van der Waals surface area contributed by atoms with E-state index < -0.39 is 6.04 Å². The SMILES string of the molecule is COc1ccccc1NC(=O)C1=C(C)Nc2nnnn2[C@@H]1c1cccc(OC)c1OC. The van der Waals surface area contributed by atoms with Crippen LogP contribution in [0.1, 0.15) is 18.5 Å². The van der Waals surface area contributed by atoms with Crippen molar-refractivity contribution in [3.05, 3.63) is 59.3 Å². The molecule has 160 valence electrons. The number of fused-ring (bicyclic) bond motifs is 1. The van der Waals surface area contributed by atoms with E-state index in [1.165, 1.54) is 0 Å². The molecule has 2 aromatic carbocycles. The highest BCUT2D eigenvalue weighted by atomic mass is 16.5. The number of nitrogens with one attached hydrogen (secondary N) is 2. The van der Waals surface area contributed by atoms with E-state index in [0.29, 0.717) is 45.7 Å². The van der Waals surface area contributed by atoms with Crippen molar-refractivity contribution in [2.24, 2.45) is 0 Å². The molecule has 1 aliphatic rings. The van der Waals surface area contributed by atoms with Crippen molar-refractivity contribution in [1.82, 2.24) is 20.2 Å². The summed E-state index contributed by atoms with van der Waals surface area (Å²) in [6.45, 7) is 1.80. The summed E-state index contributed by atoms with van der Waals surface area (Å²) in [6.07, 6.45) is 0. The minimum Gasteiger partial charge on any atom is -0.495 e. The predicted octanol–water partition coefficient (Wildman–Crippen LogP) is 2.63. The maximum absolute atomic E-state index is 13.5. The van der Waals surface area contributed by atoms with Crippen molar-refractivity contribution in [3.63, 3.8) is 0 Å². The number of para-hydroxylation sites is 3. The summed E-state index contributed by atoms with van der Waals surface area (Å²) >= 11 is 0. The Labute approximate surface area is 178 Å². The molecule has 0 spiro atoms. The van der Waals surface area contributed by atoms with Crippen molar-refractivity contribution in [2.75, 3.05) is 32.0 Å². The molecule has 0 fully saturated rings. The Morgan fingerprint density at radius 1 is 1.03 bits per heavy atom. The zero-order chi connectivity index (χ0) is 22.0. The van der Waals surface area contributed by atoms with E-state index >= 15 is 0 Å². The van der Waals surface area contributed by atoms with E-state index in [1.807, 2.05) is 24.3 Å². The first-order valence-corrected chi connectivity index (χ1v) is 9.50. The third-order valence-corrected chi connectivity index (χ3v) is 5.04. The molecule has 0 aliphatic carbocycles. The van der Waals surface area contributed by atoms with Gasteiger partial charge in [0.05, 0.1) is 32.6 Å². The van der Waals surface area contributed by atoms with Crippen LogP contribution < -0.4 is 24.8 Å². The van der Waals surface area contributed by atoms with Crippen LogP contribution in [-0.2, 0) is 4.79 Å². The van der Waals surface area contributed by atoms with Crippen LogP contribution in [-0.4, -0.2) is 47.4 Å². The molecule has 0 saturated heterocycles. The molecule has 1 aliphatic heterocycles. The van der Waals surface area contributed by atoms with E-state index in [0.717, 1.165) is 0 Å². The summed E-state index contributed by atoms with van der Waals surface area (Å²) in [7, 11) is 4.66. The van der Waals surface area contributed by atoms with Crippen molar-refractivity contribution in [3.8, 4) is 17.2 Å². The molecule has 0 radical (unpaired) electrons. The van der Waals surface area contributed by atoms with Gasteiger partial charge in [-0.1, -0.05) is 29.4 Å². The van der Waals surface area contributed by atoms with Gasteiger partial charge in [0.1, 0.15) is 11.8 Å². The lowest BCUT2D eigenvalue weighted by atomic mass is 9.94. The Balaban J connectivity index is 1.83. The van der Waals surface area contributed by atoms with Crippen molar-refractivity contribution in [1.29, 1.82) is 0 Å². The Kier molecular flexibility index (Phi) is 5.44. The second-order valence-corrected chi connectivity index (χ2v) is 6.75. The first-order valence-electron chi connectivity index (χ1n) is 9.50. The zero-order valence-electron chi connectivity index (χ0n) is 17.5. The smallest absolute Gasteiger partial charge is 0.255 e. The molecule has 0 bridgehead atoms. The first-order chi connectivity index (χ1) is 15.1. The Morgan fingerprint density at radius 2 is 1.77 bits per heavy atom. The summed E-state index contributed by atoms with van der Waals surface area (Å²) in [5.74, 6) is 1.67. The number of allylic oxidation sites excluding steroid dienone is 1. The average molecular weight is 422 g/mol. The number of hydrogen-bond acceptors (Lipinski definition) is 8. The number of carbonyl (C=O) groups is 1. The van der Waals surface area contributed by atoms with Crippen LogP contribution >= 0.6 is 0 Å². The molecule has 1 atom stereocenters. The van der Waals surface area contributed by atoms with E-state index in [-0.39, 0.29) is 5.91 Å². The van der Waals surface area contributed by atoms with Crippen molar-refractivity contribution >= 4 is 17.5 Å². The normalized spacial score (nSPS) is 15.0. The summed E-state index contributed by atoms with van der Waals surface area (Å²) in [6, 6.07) is 12.0. The van der Waals surface area contributed by atoms with Crippen LogP contribution in [0.3, 0.4) is 0 Å². The standard InChI is InChI=1S/C21H22N6O4/c1-12-17(20(28)23-14-9-5-6-10-15(14)29-2)18(27-21(22-12)24-25-26-27)13-8-7-11-16(30-3)19(13)31-4/h5-11,18H,1-4H3,(H,23,28)(H,22,24,26)/t18-/m1/s1. The molecule has 2 N–H and O–H groups in total. The lowest BCUT2D eigenvalue weighted by Crippen LogP contribution is -2.32. The molecule has 10 nitrogen and oxygen atoms in total. The molecule has 2 heterocycles. The largest absolute Gasteiger partial charge is 0.495 e. The minimum absolute atomic E-state index is 0.328. The van der Waals surface area contributed by atoms with Gasteiger partial charge in [0.15, 0.2) is 11.5 Å². The summed E-state index contributed by atoms with van der Waals surface area (Å²) in [4.78, 5) is 13.5. The number of benzene rings is 2. The fraction of sp³-hybridized carbons (Fsp3) is 0.238. The highest BCUT2D eigenvalue weighted by Crippen LogP contribution is 2.42. The molecule has 1 aromatic heterocycles. The Morgan fingerprint density at radius 3 is 2.52 bits per heavy atom. The number of methoxy groups -OCH3 is 3. The molecule has 1 amide bonds. The maximum Gasteiger partial charge on any atom is 0.255 e. The van der Waals surface area contributed by atoms with Gasteiger partial charge in [-0.3, -0.25) is 4.79 Å². The number of anilines is 2. The first kappa shape index (κ1) is 20.2. The van der Waals surface area contributed by atoms with Gasteiger partial charge in [-0.25, -0.2) is 0 Å². The highest BCUT2D eigenvalue weighted by molar-refractivity contribution is 6.06. The summed E-state index contributed by atoms with van der Waals surface area (Å²) in [5, 5.41) is 17.9. The number of aromatic nitrogens is 4. The number of ether oxygens (including phenoxy) is 3. The fourth-order valence-corrected chi connectivity index (χ4v) is 3.66. The van der Waals surface area contributed by atoms with Gasteiger partial charge in [0.2, 0.25) is 5.95 Å². The molecule has 3 aromatic rings. The van der Waals surface area contributed by atoms with E-state index in [2.05, 4.69) is 26.2 Å². The fourth-order valence-electron chi connectivity index (χ4n) is 3.66. The Hall–Kier alpha value is -4.08. The highest BCUT2D eigenvalue weighted by Gasteiger charge is 2.36. The zero-order valence-corrected chi connectivity index (χ0v) is 17.5. The van der Waals surface area contributed by atoms with Crippen LogP contribution in [0.25, 0.3) is 0 Å². The van der Waals surface area contributed by atoms with Crippen LogP contribution in [0.5, 0.6) is 17.2 Å². The van der Waals surface area contributed by atoms with E-state index in [1.54, 1.807) is 51.1 Å². The summed E-state index contributed by atoms with van der Waals surface area (Å²) in [5.41, 5.74) is 2.28. The maximum atomic E-state index is 13.5. The topological polar surface area (TPSA) is 112 Å². The van der Waals surface area contributed by atoms with Crippen LogP contribution in [0.2, 0.25) is 0 Å². The van der Waals surface area contributed by atoms with E-state index in [4.69, 9.17) is 14.2 Å². The quantitative estimate of drug-likeness (QED) is 0.623. The predicted molar refractivity (Wildman–Crippen MR) is 113 cm³/mol.